The Hall–Kier alpha value is -2.67. The second kappa shape index (κ2) is 6.45. The van der Waals surface area contributed by atoms with Gasteiger partial charge in [-0.25, -0.2) is 4.98 Å². The second-order valence-electron chi connectivity index (χ2n) is 6.29. The van der Waals surface area contributed by atoms with Crippen molar-refractivity contribution in [3.63, 3.8) is 0 Å². The number of hydrogen-bond acceptors (Lipinski definition) is 6. The Morgan fingerprint density at radius 1 is 1.29 bits per heavy atom. The van der Waals surface area contributed by atoms with Gasteiger partial charge >= 0.3 is 0 Å². The van der Waals surface area contributed by atoms with Crippen LogP contribution in [-0.2, 0) is 0 Å². The maximum absolute atomic E-state index is 4.69. The molecule has 2 aromatic heterocycles. The Kier molecular flexibility index (Phi) is 4.00. The van der Waals surface area contributed by atoms with Crippen molar-refractivity contribution >= 4 is 28.4 Å². The third-order valence-corrected chi connectivity index (χ3v) is 4.22. The zero-order chi connectivity index (χ0) is 16.4. The highest BCUT2D eigenvalue weighted by molar-refractivity contribution is 5.82. The lowest BCUT2D eigenvalue weighted by atomic mass is 10.2. The molecule has 7 nitrogen and oxygen atoms in total. The van der Waals surface area contributed by atoms with E-state index < -0.39 is 0 Å². The van der Waals surface area contributed by atoms with Crippen molar-refractivity contribution in [3.05, 3.63) is 36.7 Å². The van der Waals surface area contributed by atoms with Crippen LogP contribution in [-0.4, -0.2) is 46.3 Å². The predicted molar refractivity (Wildman–Crippen MR) is 95.7 cm³/mol. The fourth-order valence-corrected chi connectivity index (χ4v) is 3.01. The molecule has 7 heteroatoms. The Morgan fingerprint density at radius 2 is 2.25 bits per heavy atom. The number of anilines is 3. The number of H-pyrrole nitrogens is 1. The molecule has 1 aliphatic rings. The molecule has 1 aliphatic heterocycles. The Bertz CT molecular complexity index is 828. The van der Waals surface area contributed by atoms with Gasteiger partial charge in [0.15, 0.2) is 0 Å². The molecule has 4 rings (SSSR count). The van der Waals surface area contributed by atoms with Crippen molar-refractivity contribution in [3.8, 4) is 0 Å². The normalized spacial score (nSPS) is 18.5. The molecule has 1 aromatic carbocycles. The minimum atomic E-state index is 0.580. The number of hydrogen-bond donors (Lipinski definition) is 3. The Labute approximate surface area is 140 Å². The highest BCUT2D eigenvalue weighted by Crippen LogP contribution is 2.21. The maximum atomic E-state index is 4.69. The van der Waals surface area contributed by atoms with E-state index in [4.69, 9.17) is 0 Å². The molecule has 1 fully saturated rings. The molecule has 0 saturated carbocycles. The first-order valence-corrected chi connectivity index (χ1v) is 8.27. The van der Waals surface area contributed by atoms with E-state index in [0.29, 0.717) is 5.92 Å². The number of nitrogens with one attached hydrogen (secondary N) is 3. The molecule has 1 unspecified atom stereocenters. The molecule has 0 spiro atoms. The van der Waals surface area contributed by atoms with Gasteiger partial charge in [-0.3, -0.25) is 5.10 Å². The van der Waals surface area contributed by atoms with E-state index in [0.717, 1.165) is 54.5 Å². The van der Waals surface area contributed by atoms with Gasteiger partial charge in [0.05, 0.1) is 11.7 Å². The first-order chi connectivity index (χ1) is 11.8. The van der Waals surface area contributed by atoms with E-state index in [1.54, 1.807) is 0 Å². The monoisotopic (exact) mass is 323 g/mol. The van der Waals surface area contributed by atoms with Gasteiger partial charge in [-0.15, -0.1) is 0 Å². The number of benzene rings is 1. The number of fused-ring (bicyclic) bond motifs is 1. The molecular weight excluding hydrogens is 302 g/mol. The summed E-state index contributed by atoms with van der Waals surface area (Å²) < 4.78 is 0. The number of nitrogens with zero attached hydrogens (tertiary/aromatic N) is 4. The standard InChI is InChI=1S/C17H21N7/c1-12-9-18-6-7-24(11-12)17-19-5-4-16(22-17)21-14-2-3-15-13(8-14)10-20-23-15/h2-5,8,10,12,18H,6-7,9,11H2,1H3,(H,20,23)(H,19,21,22). The third kappa shape index (κ3) is 3.16. The number of rotatable bonds is 3. The van der Waals surface area contributed by atoms with Crippen LogP contribution in [0.2, 0.25) is 0 Å². The fourth-order valence-electron chi connectivity index (χ4n) is 3.01. The van der Waals surface area contributed by atoms with E-state index in [9.17, 15) is 0 Å². The summed E-state index contributed by atoms with van der Waals surface area (Å²) in [6.45, 7) is 6.14. The molecule has 124 valence electrons. The first-order valence-electron chi connectivity index (χ1n) is 8.27. The summed E-state index contributed by atoms with van der Waals surface area (Å²) in [4.78, 5) is 11.4. The van der Waals surface area contributed by atoms with Crippen LogP contribution in [0.15, 0.2) is 36.7 Å². The molecule has 1 saturated heterocycles. The average Bonchev–Trinajstić information content (AvgIpc) is 2.94. The lowest BCUT2D eigenvalue weighted by Gasteiger charge is -2.22. The summed E-state index contributed by atoms with van der Waals surface area (Å²) in [6, 6.07) is 7.97. The van der Waals surface area contributed by atoms with Crippen molar-refractivity contribution in [1.29, 1.82) is 0 Å². The molecule has 0 radical (unpaired) electrons. The van der Waals surface area contributed by atoms with Crippen LogP contribution in [0.5, 0.6) is 0 Å². The van der Waals surface area contributed by atoms with Gasteiger partial charge < -0.3 is 15.5 Å². The average molecular weight is 323 g/mol. The summed E-state index contributed by atoms with van der Waals surface area (Å²) >= 11 is 0. The van der Waals surface area contributed by atoms with Crippen molar-refractivity contribution in [2.45, 2.75) is 6.92 Å². The first kappa shape index (κ1) is 14.9. The topological polar surface area (TPSA) is 81.8 Å². The summed E-state index contributed by atoms with van der Waals surface area (Å²) in [6.07, 6.45) is 3.63. The van der Waals surface area contributed by atoms with Crippen LogP contribution in [0, 0.1) is 5.92 Å². The van der Waals surface area contributed by atoms with Crippen LogP contribution in [0.25, 0.3) is 10.9 Å². The lowest BCUT2D eigenvalue weighted by Crippen LogP contribution is -2.30. The molecule has 3 heterocycles. The molecule has 24 heavy (non-hydrogen) atoms. The van der Waals surface area contributed by atoms with Gasteiger partial charge in [-0.2, -0.15) is 10.1 Å². The van der Waals surface area contributed by atoms with Gasteiger partial charge in [-0.05, 0) is 36.7 Å². The van der Waals surface area contributed by atoms with Crippen molar-refractivity contribution < 1.29 is 0 Å². The van der Waals surface area contributed by atoms with Crippen LogP contribution in [0.1, 0.15) is 6.92 Å². The van der Waals surface area contributed by atoms with Gasteiger partial charge in [0.1, 0.15) is 5.82 Å². The quantitative estimate of drug-likeness (QED) is 0.685. The Morgan fingerprint density at radius 3 is 3.21 bits per heavy atom. The zero-order valence-corrected chi connectivity index (χ0v) is 13.7. The van der Waals surface area contributed by atoms with Crippen molar-refractivity contribution in [2.24, 2.45) is 5.92 Å². The molecular formula is C17H21N7. The molecule has 0 bridgehead atoms. The largest absolute Gasteiger partial charge is 0.340 e. The summed E-state index contributed by atoms with van der Waals surface area (Å²) in [7, 11) is 0. The van der Waals surface area contributed by atoms with Gasteiger partial charge in [0.25, 0.3) is 0 Å². The van der Waals surface area contributed by atoms with E-state index in [1.807, 2.05) is 30.6 Å². The van der Waals surface area contributed by atoms with Crippen LogP contribution in [0.3, 0.4) is 0 Å². The third-order valence-electron chi connectivity index (χ3n) is 4.22. The van der Waals surface area contributed by atoms with Crippen LogP contribution >= 0.6 is 0 Å². The van der Waals surface area contributed by atoms with E-state index >= 15 is 0 Å². The van der Waals surface area contributed by atoms with Crippen LogP contribution < -0.4 is 15.5 Å². The molecule has 0 aliphatic carbocycles. The molecule has 1 atom stereocenters. The highest BCUT2D eigenvalue weighted by Gasteiger charge is 2.17. The zero-order valence-electron chi connectivity index (χ0n) is 13.7. The molecule has 0 amide bonds. The minimum Gasteiger partial charge on any atom is -0.340 e. The van der Waals surface area contributed by atoms with E-state index in [2.05, 4.69) is 48.7 Å². The minimum absolute atomic E-state index is 0.580. The summed E-state index contributed by atoms with van der Waals surface area (Å²) in [5.74, 6) is 2.16. The van der Waals surface area contributed by atoms with Gasteiger partial charge in [0, 0.05) is 36.9 Å². The second-order valence-corrected chi connectivity index (χ2v) is 6.29. The molecule has 3 N–H and O–H groups in total. The Balaban J connectivity index is 1.55. The van der Waals surface area contributed by atoms with Gasteiger partial charge in [-0.1, -0.05) is 6.92 Å². The number of aromatic nitrogens is 4. The smallest absolute Gasteiger partial charge is 0.227 e. The van der Waals surface area contributed by atoms with E-state index in [-0.39, 0.29) is 0 Å². The SMILES string of the molecule is CC1CNCCN(c2nccc(Nc3ccc4[nH]ncc4c3)n2)C1. The lowest BCUT2D eigenvalue weighted by molar-refractivity contribution is 0.561. The summed E-state index contributed by atoms with van der Waals surface area (Å²) in [5, 5.41) is 14.9. The van der Waals surface area contributed by atoms with Crippen molar-refractivity contribution in [1.82, 2.24) is 25.5 Å². The predicted octanol–water partition coefficient (Wildman–Crippen LogP) is 2.14. The van der Waals surface area contributed by atoms with E-state index in [1.165, 1.54) is 0 Å². The van der Waals surface area contributed by atoms with Gasteiger partial charge in [0.2, 0.25) is 5.95 Å². The summed E-state index contributed by atoms with van der Waals surface area (Å²) in [5.41, 5.74) is 2.01. The fraction of sp³-hybridized carbons (Fsp3) is 0.353. The van der Waals surface area contributed by atoms with Crippen LogP contribution in [0.4, 0.5) is 17.5 Å². The maximum Gasteiger partial charge on any atom is 0.227 e. The highest BCUT2D eigenvalue weighted by atomic mass is 15.3. The number of aromatic amines is 1. The molecule has 3 aromatic rings. The van der Waals surface area contributed by atoms with Crippen molar-refractivity contribution in [2.75, 3.05) is 36.4 Å².